The molecule has 1 amide bonds. The SMILES string of the molecule is C=CN=N/C(=C\C(=C)C1CC[C@](C)(C(=O)NCC(C)C)C1(C)C)c1c(F)cccc1F. The van der Waals surface area contributed by atoms with Gasteiger partial charge in [0, 0.05) is 12.7 Å². The first-order valence-electron chi connectivity index (χ1n) is 10.6. The van der Waals surface area contributed by atoms with Gasteiger partial charge in [-0.15, -0.1) is 0 Å². The fourth-order valence-corrected chi connectivity index (χ4v) is 4.32. The number of carbonyl (C=O) groups is 1. The Balaban J connectivity index is 2.40. The first kappa shape index (κ1) is 24.6. The van der Waals surface area contributed by atoms with Crippen LogP contribution < -0.4 is 5.32 Å². The van der Waals surface area contributed by atoms with Gasteiger partial charge in [-0.25, -0.2) is 8.78 Å². The van der Waals surface area contributed by atoms with E-state index in [9.17, 15) is 13.6 Å². The average molecular weight is 430 g/mol. The Hall–Kier alpha value is -2.63. The van der Waals surface area contributed by atoms with E-state index >= 15 is 0 Å². The van der Waals surface area contributed by atoms with Gasteiger partial charge in [-0.2, -0.15) is 10.2 Å². The van der Waals surface area contributed by atoms with Gasteiger partial charge >= 0.3 is 0 Å². The number of azo groups is 1. The molecular weight excluding hydrogens is 396 g/mol. The number of nitrogens with zero attached hydrogens (tertiary/aromatic N) is 2. The van der Waals surface area contributed by atoms with E-state index in [0.717, 1.165) is 6.42 Å². The fraction of sp³-hybridized carbons (Fsp3) is 0.480. The molecule has 168 valence electrons. The van der Waals surface area contributed by atoms with Crippen molar-refractivity contribution in [1.82, 2.24) is 5.32 Å². The minimum absolute atomic E-state index is 0.0252. The van der Waals surface area contributed by atoms with Crippen molar-refractivity contribution in [2.45, 2.75) is 47.5 Å². The zero-order valence-corrected chi connectivity index (χ0v) is 19.1. The molecule has 1 unspecified atom stereocenters. The third-order valence-electron chi connectivity index (χ3n) is 6.63. The van der Waals surface area contributed by atoms with Crippen LogP contribution in [0, 0.1) is 34.3 Å². The molecule has 0 radical (unpaired) electrons. The molecule has 2 rings (SSSR count). The van der Waals surface area contributed by atoms with Crippen molar-refractivity contribution in [3.63, 3.8) is 0 Å². The largest absolute Gasteiger partial charge is 0.355 e. The third kappa shape index (κ3) is 5.00. The molecule has 4 nitrogen and oxygen atoms in total. The maximum Gasteiger partial charge on any atom is 0.226 e. The molecule has 1 N–H and O–H groups in total. The topological polar surface area (TPSA) is 53.8 Å². The quantitative estimate of drug-likeness (QED) is 0.364. The highest BCUT2D eigenvalue weighted by molar-refractivity contribution is 5.83. The number of amides is 1. The third-order valence-corrected chi connectivity index (χ3v) is 6.63. The Morgan fingerprint density at radius 1 is 1.29 bits per heavy atom. The van der Waals surface area contributed by atoms with Gasteiger partial charge in [-0.1, -0.05) is 53.8 Å². The van der Waals surface area contributed by atoms with Crippen LogP contribution in [0.2, 0.25) is 0 Å². The predicted molar refractivity (Wildman–Crippen MR) is 121 cm³/mol. The zero-order chi connectivity index (χ0) is 23.4. The van der Waals surface area contributed by atoms with Crippen LogP contribution in [0.4, 0.5) is 8.78 Å². The molecular formula is C25H33F2N3O. The molecule has 31 heavy (non-hydrogen) atoms. The monoisotopic (exact) mass is 429 g/mol. The van der Waals surface area contributed by atoms with E-state index < -0.39 is 22.5 Å². The second-order valence-corrected chi connectivity index (χ2v) is 9.35. The van der Waals surface area contributed by atoms with Gasteiger partial charge in [0.2, 0.25) is 5.91 Å². The molecule has 1 aromatic rings. The van der Waals surface area contributed by atoms with Gasteiger partial charge in [-0.05, 0) is 53.9 Å². The van der Waals surface area contributed by atoms with Gasteiger partial charge in [0.15, 0.2) is 0 Å². The van der Waals surface area contributed by atoms with Crippen LogP contribution in [0.3, 0.4) is 0 Å². The summed E-state index contributed by atoms with van der Waals surface area (Å²) in [4.78, 5) is 13.0. The lowest BCUT2D eigenvalue weighted by molar-refractivity contribution is -0.135. The summed E-state index contributed by atoms with van der Waals surface area (Å²) in [6.07, 6.45) is 4.20. The Bertz CT molecular complexity index is 897. The summed E-state index contributed by atoms with van der Waals surface area (Å²) < 4.78 is 28.8. The molecule has 1 saturated carbocycles. The van der Waals surface area contributed by atoms with E-state index in [1.54, 1.807) is 6.08 Å². The molecule has 2 atom stereocenters. The molecule has 0 spiro atoms. The second-order valence-electron chi connectivity index (χ2n) is 9.35. The molecule has 1 aliphatic rings. The summed E-state index contributed by atoms with van der Waals surface area (Å²) >= 11 is 0. The van der Waals surface area contributed by atoms with Crippen molar-refractivity contribution < 1.29 is 13.6 Å². The van der Waals surface area contributed by atoms with Crippen LogP contribution in [-0.4, -0.2) is 12.5 Å². The molecule has 0 aliphatic heterocycles. The Labute approximate surface area is 184 Å². The summed E-state index contributed by atoms with van der Waals surface area (Å²) in [5.41, 5.74) is -0.575. The molecule has 1 aliphatic carbocycles. The molecule has 1 fully saturated rings. The number of benzene rings is 1. The van der Waals surface area contributed by atoms with Crippen molar-refractivity contribution in [2.24, 2.45) is 32.9 Å². The van der Waals surface area contributed by atoms with Crippen LogP contribution in [0.5, 0.6) is 0 Å². The number of halogens is 2. The van der Waals surface area contributed by atoms with E-state index in [0.29, 0.717) is 24.5 Å². The number of hydrogen-bond donors (Lipinski definition) is 1. The van der Waals surface area contributed by atoms with Crippen LogP contribution in [-0.2, 0) is 4.79 Å². The fourth-order valence-electron chi connectivity index (χ4n) is 4.32. The Morgan fingerprint density at radius 3 is 2.45 bits per heavy atom. The Morgan fingerprint density at radius 2 is 1.90 bits per heavy atom. The summed E-state index contributed by atoms with van der Waals surface area (Å²) in [6, 6.07) is 3.65. The van der Waals surface area contributed by atoms with Crippen molar-refractivity contribution in [3.8, 4) is 0 Å². The molecule has 0 heterocycles. The summed E-state index contributed by atoms with van der Waals surface area (Å²) in [5, 5.41) is 10.7. The van der Waals surface area contributed by atoms with E-state index in [2.05, 4.69) is 42.6 Å². The van der Waals surface area contributed by atoms with Gasteiger partial charge in [-0.3, -0.25) is 4.79 Å². The number of carbonyl (C=O) groups excluding carboxylic acids is 1. The van der Waals surface area contributed by atoms with Gasteiger partial charge < -0.3 is 5.32 Å². The number of nitrogens with one attached hydrogen (secondary N) is 1. The minimum Gasteiger partial charge on any atom is -0.355 e. The number of hydrogen-bond acceptors (Lipinski definition) is 3. The van der Waals surface area contributed by atoms with E-state index in [1.165, 1.54) is 24.4 Å². The lowest BCUT2D eigenvalue weighted by Gasteiger charge is -2.41. The van der Waals surface area contributed by atoms with Crippen LogP contribution in [0.25, 0.3) is 5.70 Å². The van der Waals surface area contributed by atoms with Crippen molar-refractivity contribution in [3.05, 3.63) is 66.4 Å². The summed E-state index contributed by atoms with van der Waals surface area (Å²) in [6.45, 7) is 18.5. The maximum absolute atomic E-state index is 14.4. The van der Waals surface area contributed by atoms with E-state index in [1.807, 2.05) is 20.8 Å². The normalized spacial score (nSPS) is 23.4. The highest BCUT2D eigenvalue weighted by Crippen LogP contribution is 2.58. The number of allylic oxidation sites excluding steroid dienone is 2. The lowest BCUT2D eigenvalue weighted by atomic mass is 9.63. The standard InChI is InChI=1S/C25H33F2N3O/c1-8-29-30-21(22-19(26)10-9-11-20(22)27)14-17(4)18-12-13-25(7,24(18,5)6)23(31)28-15-16(2)3/h8-11,14,16,18H,1,4,12-13,15H2,2-3,5-7H3,(H,28,31)/b21-14-,30-29?/t18?,25-/m1/s1. The zero-order valence-electron chi connectivity index (χ0n) is 19.1. The smallest absolute Gasteiger partial charge is 0.226 e. The first-order valence-corrected chi connectivity index (χ1v) is 10.6. The van der Waals surface area contributed by atoms with E-state index in [-0.39, 0.29) is 23.1 Å². The van der Waals surface area contributed by atoms with Crippen molar-refractivity contribution in [1.29, 1.82) is 0 Å². The summed E-state index contributed by atoms with van der Waals surface area (Å²) in [5.74, 6) is -1.14. The lowest BCUT2D eigenvalue weighted by Crippen LogP contribution is -2.47. The molecule has 0 bridgehead atoms. The van der Waals surface area contributed by atoms with Crippen molar-refractivity contribution >= 4 is 11.6 Å². The van der Waals surface area contributed by atoms with Crippen LogP contribution in [0.15, 0.2) is 59.4 Å². The summed E-state index contributed by atoms with van der Waals surface area (Å²) in [7, 11) is 0. The van der Waals surface area contributed by atoms with Crippen LogP contribution in [0.1, 0.15) is 53.0 Å². The average Bonchev–Trinajstić information content (AvgIpc) is 2.93. The molecule has 0 aromatic heterocycles. The van der Waals surface area contributed by atoms with E-state index in [4.69, 9.17) is 0 Å². The number of rotatable bonds is 8. The van der Waals surface area contributed by atoms with Crippen molar-refractivity contribution in [2.75, 3.05) is 6.54 Å². The molecule has 6 heteroatoms. The van der Waals surface area contributed by atoms with Crippen LogP contribution >= 0.6 is 0 Å². The van der Waals surface area contributed by atoms with Gasteiger partial charge in [0.1, 0.15) is 11.6 Å². The molecule has 0 saturated heterocycles. The highest BCUT2D eigenvalue weighted by atomic mass is 19.1. The Kier molecular flexibility index (Phi) is 7.68. The highest BCUT2D eigenvalue weighted by Gasteiger charge is 2.56. The maximum atomic E-state index is 14.4. The molecule has 1 aromatic carbocycles. The first-order chi connectivity index (χ1) is 14.5. The van der Waals surface area contributed by atoms with Gasteiger partial charge in [0.25, 0.3) is 0 Å². The minimum atomic E-state index is -0.731. The van der Waals surface area contributed by atoms with Gasteiger partial charge in [0.05, 0.1) is 16.7 Å². The second kappa shape index (κ2) is 9.67. The predicted octanol–water partition coefficient (Wildman–Crippen LogP) is 6.67.